The quantitative estimate of drug-likeness (QED) is 0.486. The Morgan fingerprint density at radius 1 is 1.46 bits per heavy atom. The fraction of sp³-hybridized carbons (Fsp3) is 0.500. The normalized spacial score (nSPS) is 12.1. The van der Waals surface area contributed by atoms with Gasteiger partial charge in [-0.15, -0.1) is 0 Å². The van der Waals surface area contributed by atoms with Crippen molar-refractivity contribution in [3.63, 3.8) is 0 Å². The van der Waals surface area contributed by atoms with E-state index in [0.29, 0.717) is 6.42 Å². The predicted molar refractivity (Wildman–Crippen MR) is 44.0 cm³/mol. The molecule has 2 N–H and O–H groups in total. The maximum absolute atomic E-state index is 11.8. The molecule has 0 bridgehead atoms. The summed E-state index contributed by atoms with van der Waals surface area (Å²) in [7, 11) is -4.65. The van der Waals surface area contributed by atoms with Crippen LogP contribution in [0.4, 0.5) is 3.89 Å². The molecule has 0 rings (SSSR count). The molecular weight excluding hydrogens is 201 g/mol. The van der Waals surface area contributed by atoms with E-state index in [2.05, 4.69) is 0 Å². The van der Waals surface area contributed by atoms with Crippen molar-refractivity contribution < 1.29 is 22.2 Å². The van der Waals surface area contributed by atoms with Gasteiger partial charge in [-0.3, -0.25) is 4.79 Å². The van der Waals surface area contributed by atoms with Crippen LogP contribution in [0.15, 0.2) is 12.2 Å². The summed E-state index contributed by atoms with van der Waals surface area (Å²) in [5, 5.41) is 8.19. The average Bonchev–Trinajstić information content (AvgIpc) is 1.93. The number of hydrogen-bond acceptors (Lipinski definition) is 3. The summed E-state index contributed by atoms with van der Waals surface area (Å²) in [6, 6.07) is 0. The second kappa shape index (κ2) is 5.65. The van der Waals surface area contributed by atoms with E-state index in [1.54, 1.807) is 4.72 Å². The van der Waals surface area contributed by atoms with E-state index in [0.717, 1.165) is 0 Å². The first-order valence-corrected chi connectivity index (χ1v) is 4.86. The van der Waals surface area contributed by atoms with E-state index in [1.807, 2.05) is 0 Å². The maximum Gasteiger partial charge on any atom is 0.372 e. The van der Waals surface area contributed by atoms with Crippen LogP contribution >= 0.6 is 0 Å². The van der Waals surface area contributed by atoms with Crippen LogP contribution in [0.25, 0.3) is 0 Å². The number of rotatable bonds is 6. The topological polar surface area (TPSA) is 83.5 Å². The van der Waals surface area contributed by atoms with Crippen molar-refractivity contribution >= 4 is 16.4 Å². The lowest BCUT2D eigenvalue weighted by atomic mass is 10.3. The predicted octanol–water partition coefficient (Wildman–Crippen LogP) is 0.211. The molecule has 0 unspecified atom stereocenters. The number of allylic oxidation sites excluding steroid dienone is 1. The molecule has 0 aromatic carbocycles. The lowest BCUT2D eigenvalue weighted by Gasteiger charge is -1.91. The van der Waals surface area contributed by atoms with Crippen LogP contribution in [0.2, 0.25) is 0 Å². The van der Waals surface area contributed by atoms with Crippen molar-refractivity contribution in [1.82, 2.24) is 4.72 Å². The lowest BCUT2D eigenvalue weighted by molar-refractivity contribution is -0.136. The number of carboxylic acids is 1. The minimum Gasteiger partial charge on any atom is -0.481 e. The van der Waals surface area contributed by atoms with Crippen molar-refractivity contribution in [3.05, 3.63) is 12.2 Å². The van der Waals surface area contributed by atoms with Gasteiger partial charge in [0.25, 0.3) is 0 Å². The molecule has 0 saturated carbocycles. The van der Waals surface area contributed by atoms with Gasteiger partial charge in [-0.2, -0.15) is 13.1 Å². The summed E-state index contributed by atoms with van der Waals surface area (Å²) in [5.41, 5.74) is 0. The van der Waals surface area contributed by atoms with Crippen molar-refractivity contribution in [2.75, 3.05) is 6.54 Å². The number of nitrogens with one attached hydrogen (secondary N) is 1. The molecule has 0 heterocycles. The summed E-state index contributed by atoms with van der Waals surface area (Å²) in [6.07, 6.45) is 3.08. The van der Waals surface area contributed by atoms with Gasteiger partial charge in [0.05, 0.1) is 0 Å². The maximum atomic E-state index is 11.8. The molecule has 0 radical (unpaired) electrons. The smallest absolute Gasteiger partial charge is 0.372 e. The molecule has 0 aliphatic carbocycles. The minimum absolute atomic E-state index is 0.0289. The SMILES string of the molecule is O=C(O)CC/C=C\CNS(=O)(=O)F. The molecule has 0 aliphatic rings. The minimum atomic E-state index is -4.65. The second-order valence-electron chi connectivity index (χ2n) is 2.19. The Balaban J connectivity index is 3.49. The zero-order valence-corrected chi connectivity index (χ0v) is 7.55. The molecule has 0 amide bonds. The third kappa shape index (κ3) is 11.0. The van der Waals surface area contributed by atoms with Crippen LogP contribution in [0.5, 0.6) is 0 Å². The molecule has 0 aromatic rings. The summed E-state index contributed by atoms with van der Waals surface area (Å²) < 4.78 is 33.1. The first-order valence-electron chi connectivity index (χ1n) is 3.48. The second-order valence-corrected chi connectivity index (χ2v) is 3.35. The van der Waals surface area contributed by atoms with Crippen molar-refractivity contribution in [3.8, 4) is 0 Å². The van der Waals surface area contributed by atoms with Gasteiger partial charge in [-0.05, 0) is 6.42 Å². The fourth-order valence-electron chi connectivity index (χ4n) is 0.556. The number of carboxylic acid groups (broad SMARTS) is 1. The number of hydrogen-bond donors (Lipinski definition) is 2. The average molecular weight is 211 g/mol. The van der Waals surface area contributed by atoms with E-state index in [9.17, 15) is 17.1 Å². The number of aliphatic carboxylic acids is 1. The highest BCUT2D eigenvalue weighted by Gasteiger charge is 2.01. The fourth-order valence-corrected chi connectivity index (χ4v) is 0.851. The van der Waals surface area contributed by atoms with Gasteiger partial charge in [0.2, 0.25) is 0 Å². The third-order valence-corrected chi connectivity index (χ3v) is 1.58. The molecule has 0 spiro atoms. The van der Waals surface area contributed by atoms with Crippen LogP contribution in [0, 0.1) is 0 Å². The Bertz CT molecular complexity index is 285. The van der Waals surface area contributed by atoms with Crippen LogP contribution in [0.1, 0.15) is 12.8 Å². The Kier molecular flexibility index (Phi) is 5.24. The van der Waals surface area contributed by atoms with Gasteiger partial charge >= 0.3 is 16.4 Å². The van der Waals surface area contributed by atoms with E-state index in [1.165, 1.54) is 12.2 Å². The molecule has 0 fully saturated rings. The first kappa shape index (κ1) is 12.0. The van der Waals surface area contributed by atoms with Crippen molar-refractivity contribution in [1.29, 1.82) is 0 Å². The summed E-state index contributed by atoms with van der Waals surface area (Å²) in [4.78, 5) is 9.99. The largest absolute Gasteiger partial charge is 0.481 e. The van der Waals surface area contributed by atoms with Gasteiger partial charge in [-0.25, -0.2) is 0 Å². The molecule has 13 heavy (non-hydrogen) atoms. The van der Waals surface area contributed by atoms with Crippen LogP contribution < -0.4 is 4.72 Å². The Hall–Kier alpha value is -0.950. The number of halogens is 1. The van der Waals surface area contributed by atoms with Crippen LogP contribution in [-0.2, 0) is 15.2 Å². The highest BCUT2D eigenvalue weighted by molar-refractivity contribution is 7.84. The first-order chi connectivity index (χ1) is 5.92. The van der Waals surface area contributed by atoms with Crippen LogP contribution in [-0.4, -0.2) is 26.0 Å². The van der Waals surface area contributed by atoms with Crippen molar-refractivity contribution in [2.45, 2.75) is 12.8 Å². The third-order valence-electron chi connectivity index (χ3n) is 1.07. The van der Waals surface area contributed by atoms with E-state index in [4.69, 9.17) is 5.11 Å². The van der Waals surface area contributed by atoms with Gasteiger partial charge in [0.1, 0.15) is 0 Å². The standard InChI is InChI=1S/C6H10FNO4S/c7-13(11,12)8-5-3-1-2-4-6(9)10/h1,3,8H,2,4-5H2,(H,9,10)/b3-1-. The summed E-state index contributed by atoms with van der Waals surface area (Å²) in [5.74, 6) is -0.935. The Morgan fingerprint density at radius 2 is 2.08 bits per heavy atom. The van der Waals surface area contributed by atoms with Gasteiger partial charge in [0, 0.05) is 13.0 Å². The molecule has 7 heteroatoms. The van der Waals surface area contributed by atoms with E-state index in [-0.39, 0.29) is 13.0 Å². The van der Waals surface area contributed by atoms with E-state index < -0.39 is 16.4 Å². The molecular formula is C6H10FNO4S. The molecule has 0 saturated heterocycles. The zero-order valence-electron chi connectivity index (χ0n) is 6.73. The highest BCUT2D eigenvalue weighted by atomic mass is 32.3. The van der Waals surface area contributed by atoms with E-state index >= 15 is 0 Å². The van der Waals surface area contributed by atoms with Gasteiger partial charge < -0.3 is 5.11 Å². The summed E-state index contributed by atoms with van der Waals surface area (Å²) in [6.45, 7) is -0.168. The monoisotopic (exact) mass is 211 g/mol. The molecule has 0 atom stereocenters. The zero-order chi connectivity index (χ0) is 10.3. The molecule has 5 nitrogen and oxygen atoms in total. The lowest BCUT2D eigenvalue weighted by Crippen LogP contribution is -2.18. The highest BCUT2D eigenvalue weighted by Crippen LogP contribution is 1.90. The molecule has 0 aromatic heterocycles. The Labute approximate surface area is 75.6 Å². The molecule has 0 aliphatic heterocycles. The van der Waals surface area contributed by atoms with Gasteiger partial charge in [-0.1, -0.05) is 16.0 Å². The Morgan fingerprint density at radius 3 is 2.54 bits per heavy atom. The molecule has 76 valence electrons. The van der Waals surface area contributed by atoms with Crippen molar-refractivity contribution in [2.24, 2.45) is 0 Å². The summed E-state index contributed by atoms with van der Waals surface area (Å²) >= 11 is 0. The van der Waals surface area contributed by atoms with Crippen LogP contribution in [0.3, 0.4) is 0 Å². The number of carbonyl (C=O) groups is 1. The van der Waals surface area contributed by atoms with Gasteiger partial charge in [0.15, 0.2) is 0 Å².